The molecule has 0 aromatic heterocycles. The Hall–Kier alpha value is -1.25. The van der Waals surface area contributed by atoms with Crippen molar-refractivity contribution in [2.75, 3.05) is 0 Å². The fraction of sp³-hybridized carbons (Fsp3) is 0. The zero-order chi connectivity index (χ0) is 5.40. The highest BCUT2D eigenvalue weighted by Gasteiger charge is 2.15. The molecule has 3 nitrogen and oxygen atoms in total. The van der Waals surface area contributed by atoms with Gasteiger partial charge < -0.3 is 8.94 Å². The third-order valence-electron chi connectivity index (χ3n) is 0.898. The van der Waals surface area contributed by atoms with Crippen LogP contribution in [0.1, 0.15) is 0 Å². The quantitative estimate of drug-likeness (QED) is 0.512. The zero-order valence-electron chi connectivity index (χ0n) is 4.00. The highest BCUT2D eigenvalue weighted by atomic mass is 16.5. The second-order valence-electron chi connectivity index (χ2n) is 1.46. The Bertz CT molecular complexity index is 224. The summed E-state index contributed by atoms with van der Waals surface area (Å²) in [5.41, 5.74) is 0. The van der Waals surface area contributed by atoms with Gasteiger partial charge in [-0.3, -0.25) is 0 Å². The smallest absolute Gasteiger partial charge is 0.300 e. The van der Waals surface area contributed by atoms with Crippen molar-refractivity contribution >= 4 is 0 Å². The fourth-order valence-corrected chi connectivity index (χ4v) is 0.488. The standard InChI is InChI=1S/C5H3NO2/c1-2-4-5(8-4)6-7-3-1/h1-3H. The normalized spacial score (nSPS) is 10.5. The van der Waals surface area contributed by atoms with Crippen molar-refractivity contribution in [3.63, 3.8) is 0 Å². The van der Waals surface area contributed by atoms with Crippen LogP contribution in [0.5, 0.6) is 0 Å². The fourth-order valence-electron chi connectivity index (χ4n) is 0.488. The highest BCUT2D eigenvalue weighted by molar-refractivity contribution is 5.51. The molecule has 2 rings (SSSR count). The minimum Gasteiger partial charge on any atom is -0.428 e. The van der Waals surface area contributed by atoms with Gasteiger partial charge in [0, 0.05) is 0 Å². The minimum absolute atomic E-state index is 0.593. The lowest BCUT2D eigenvalue weighted by atomic mass is 10.5. The van der Waals surface area contributed by atoms with Crippen molar-refractivity contribution in [3.8, 4) is 11.7 Å². The molecule has 0 aromatic rings. The molecular weight excluding hydrogens is 106 g/mol. The summed E-state index contributed by atoms with van der Waals surface area (Å²) in [6.45, 7) is 0. The molecule has 0 atom stereocenters. The van der Waals surface area contributed by atoms with Crippen LogP contribution < -0.4 is 0 Å². The summed E-state index contributed by atoms with van der Waals surface area (Å²) in [5.74, 6) is 1.40. The first kappa shape index (κ1) is 3.72. The van der Waals surface area contributed by atoms with E-state index in [0.717, 1.165) is 5.76 Å². The van der Waals surface area contributed by atoms with Gasteiger partial charge in [-0.05, 0) is 17.3 Å². The van der Waals surface area contributed by atoms with Gasteiger partial charge in [-0.1, -0.05) is 0 Å². The van der Waals surface area contributed by atoms with Gasteiger partial charge in [-0.15, -0.1) is 0 Å². The van der Waals surface area contributed by atoms with Crippen LogP contribution in [0.25, 0.3) is 11.7 Å². The summed E-state index contributed by atoms with van der Waals surface area (Å²) in [6, 6.07) is 3.53. The molecule has 0 saturated heterocycles. The van der Waals surface area contributed by atoms with E-state index in [1.807, 2.05) is 0 Å². The lowest BCUT2D eigenvalue weighted by Gasteiger charge is -1.59. The first-order valence-corrected chi connectivity index (χ1v) is 2.26. The molecule has 0 amide bonds. The lowest BCUT2D eigenvalue weighted by Crippen LogP contribution is -1.51. The average Bonchev–Trinajstić information content (AvgIpc) is 2.36. The third-order valence-corrected chi connectivity index (χ3v) is 0.898. The SMILES string of the molecule is c1conc2oc-2c1. The van der Waals surface area contributed by atoms with Crippen LogP contribution in [0.2, 0.25) is 0 Å². The molecular formula is C5H3NO2. The van der Waals surface area contributed by atoms with E-state index in [9.17, 15) is 0 Å². The van der Waals surface area contributed by atoms with E-state index in [4.69, 9.17) is 4.42 Å². The van der Waals surface area contributed by atoms with Crippen LogP contribution in [0.4, 0.5) is 0 Å². The average molecular weight is 109 g/mol. The molecule has 0 spiro atoms. The maximum atomic E-state index is 4.79. The van der Waals surface area contributed by atoms with Crippen LogP contribution in [0.3, 0.4) is 0 Å². The number of fused-ring (bicyclic) bond motifs is 1. The Kier molecular flexibility index (Phi) is 0.521. The minimum atomic E-state index is 0.593. The molecule has 2 aliphatic rings. The van der Waals surface area contributed by atoms with Gasteiger partial charge in [0.2, 0.25) is 0 Å². The molecule has 3 heteroatoms. The van der Waals surface area contributed by atoms with E-state index in [2.05, 4.69) is 9.68 Å². The van der Waals surface area contributed by atoms with E-state index in [0.29, 0.717) is 5.89 Å². The second-order valence-corrected chi connectivity index (χ2v) is 1.46. The molecule has 0 fully saturated rings. The summed E-state index contributed by atoms with van der Waals surface area (Å²) >= 11 is 0. The Morgan fingerprint density at radius 2 is 2.50 bits per heavy atom. The predicted molar refractivity (Wildman–Crippen MR) is 25.4 cm³/mol. The molecule has 0 bridgehead atoms. The molecule has 40 valence electrons. The van der Waals surface area contributed by atoms with Crippen molar-refractivity contribution in [3.05, 3.63) is 18.4 Å². The van der Waals surface area contributed by atoms with E-state index in [1.165, 1.54) is 6.26 Å². The maximum absolute atomic E-state index is 4.79. The summed E-state index contributed by atoms with van der Waals surface area (Å²) in [5, 5.41) is 3.54. The summed E-state index contributed by atoms with van der Waals surface area (Å²) in [4.78, 5) is 0. The Morgan fingerprint density at radius 1 is 1.50 bits per heavy atom. The van der Waals surface area contributed by atoms with E-state index in [-0.39, 0.29) is 0 Å². The van der Waals surface area contributed by atoms with Crippen LogP contribution >= 0.6 is 0 Å². The largest absolute Gasteiger partial charge is 0.428 e. The lowest BCUT2D eigenvalue weighted by molar-refractivity contribution is 0.400. The Labute approximate surface area is 45.2 Å². The molecule has 0 N–H and O–H groups in total. The number of aromatic nitrogens is 1. The van der Waals surface area contributed by atoms with Crippen molar-refractivity contribution in [2.24, 2.45) is 0 Å². The Morgan fingerprint density at radius 3 is 3.50 bits per heavy atom. The molecule has 0 aromatic carbocycles. The van der Waals surface area contributed by atoms with Gasteiger partial charge in [-0.2, -0.15) is 0 Å². The first-order chi connectivity index (χ1) is 3.97. The van der Waals surface area contributed by atoms with Crippen molar-refractivity contribution in [1.82, 2.24) is 5.16 Å². The molecule has 8 heavy (non-hydrogen) atoms. The van der Waals surface area contributed by atoms with Crippen LogP contribution in [-0.2, 0) is 0 Å². The number of hydrogen-bond donors (Lipinski definition) is 0. The highest BCUT2D eigenvalue weighted by Crippen LogP contribution is 2.27. The summed E-state index contributed by atoms with van der Waals surface area (Å²) < 4.78 is 9.37. The molecule has 0 radical (unpaired) electrons. The Balaban J connectivity index is 2.67. The van der Waals surface area contributed by atoms with E-state index >= 15 is 0 Å². The van der Waals surface area contributed by atoms with Crippen LogP contribution in [0, 0.1) is 0 Å². The van der Waals surface area contributed by atoms with Gasteiger partial charge in [0.15, 0.2) is 5.76 Å². The number of nitrogens with zero attached hydrogens (tertiary/aromatic N) is 1. The van der Waals surface area contributed by atoms with Crippen LogP contribution in [-0.4, -0.2) is 5.16 Å². The van der Waals surface area contributed by atoms with Crippen LogP contribution in [0.15, 0.2) is 27.3 Å². The van der Waals surface area contributed by atoms with Gasteiger partial charge in [0.05, 0.1) is 0 Å². The monoisotopic (exact) mass is 109 g/mol. The summed E-state index contributed by atoms with van der Waals surface area (Å²) in [6.07, 6.45) is 1.50. The molecule has 0 saturated carbocycles. The third kappa shape index (κ3) is 0.411. The summed E-state index contributed by atoms with van der Waals surface area (Å²) in [7, 11) is 0. The molecule has 2 aliphatic heterocycles. The van der Waals surface area contributed by atoms with Gasteiger partial charge in [0.25, 0.3) is 5.89 Å². The van der Waals surface area contributed by atoms with Gasteiger partial charge in [0.1, 0.15) is 6.26 Å². The van der Waals surface area contributed by atoms with E-state index < -0.39 is 0 Å². The number of hydrogen-bond acceptors (Lipinski definition) is 3. The van der Waals surface area contributed by atoms with E-state index in [1.54, 1.807) is 12.1 Å². The molecule has 0 unspecified atom stereocenters. The molecule has 2 heterocycles. The van der Waals surface area contributed by atoms with Gasteiger partial charge in [-0.25, -0.2) is 0 Å². The van der Waals surface area contributed by atoms with Gasteiger partial charge >= 0.3 is 0 Å². The molecule has 0 aliphatic carbocycles. The maximum Gasteiger partial charge on any atom is 0.300 e. The predicted octanol–water partition coefficient (Wildman–Crippen LogP) is 1.37. The van der Waals surface area contributed by atoms with Crippen molar-refractivity contribution < 1.29 is 8.94 Å². The first-order valence-electron chi connectivity index (χ1n) is 2.26. The second kappa shape index (κ2) is 1.12. The number of rotatable bonds is 0. The van der Waals surface area contributed by atoms with Crippen molar-refractivity contribution in [2.45, 2.75) is 0 Å². The zero-order valence-corrected chi connectivity index (χ0v) is 4.00. The van der Waals surface area contributed by atoms with Crippen molar-refractivity contribution in [1.29, 1.82) is 0 Å². The topological polar surface area (TPSA) is 39.2 Å².